The zero-order valence-electron chi connectivity index (χ0n) is 19.0. The minimum absolute atomic E-state index is 0.0285. The largest absolute Gasteiger partial charge is 0.453 e. The Balaban J connectivity index is 1.54. The first-order chi connectivity index (χ1) is 16.1. The molecule has 0 unspecified atom stereocenters. The molecule has 0 bridgehead atoms. The van der Waals surface area contributed by atoms with Gasteiger partial charge >= 0.3 is 6.09 Å². The first-order valence-corrected chi connectivity index (χ1v) is 12.1. The van der Waals surface area contributed by atoms with Crippen LogP contribution in [0.5, 0.6) is 0 Å². The van der Waals surface area contributed by atoms with Gasteiger partial charge in [-0.2, -0.15) is 0 Å². The number of rotatable bonds is 9. The molecule has 0 spiro atoms. The number of alkyl carbamates (subject to hydrolysis) is 1. The fourth-order valence-electron chi connectivity index (χ4n) is 3.93. The maximum Gasteiger partial charge on any atom is 0.406 e. The van der Waals surface area contributed by atoms with Crippen molar-refractivity contribution in [3.05, 3.63) is 29.4 Å². The van der Waals surface area contributed by atoms with Crippen LogP contribution < -0.4 is 10.6 Å². The topological polar surface area (TPSA) is 119 Å². The highest BCUT2D eigenvalue weighted by Crippen LogP contribution is 2.39. The standard InChI is InChI=1S/C22H30N6O4S/c1-14(28(16-5-6-16)21(29)18-12-23-8-9-32-18)20-27-17(4-3-7-26-22(30)31-2)19(33-20)15-10-24-13-25-11-15/h10-11,13-14,16,18,23H,3-9,12H2,1-2H3,(H,26,30)/t14-,18-/m1/s1. The van der Waals surface area contributed by atoms with Gasteiger partial charge in [-0.1, -0.05) is 0 Å². The van der Waals surface area contributed by atoms with E-state index in [1.165, 1.54) is 13.4 Å². The van der Waals surface area contributed by atoms with E-state index >= 15 is 0 Å². The van der Waals surface area contributed by atoms with Crippen molar-refractivity contribution in [1.29, 1.82) is 0 Å². The third-order valence-electron chi connectivity index (χ3n) is 5.75. The van der Waals surface area contributed by atoms with Crippen LogP contribution in [0.25, 0.3) is 10.4 Å². The van der Waals surface area contributed by atoms with Crippen LogP contribution in [0.3, 0.4) is 0 Å². The normalized spacial score (nSPS) is 19.0. The average Bonchev–Trinajstić information content (AvgIpc) is 3.60. The van der Waals surface area contributed by atoms with Gasteiger partial charge in [0.2, 0.25) is 0 Å². The van der Waals surface area contributed by atoms with Crippen molar-refractivity contribution >= 4 is 23.3 Å². The zero-order chi connectivity index (χ0) is 23.2. The lowest BCUT2D eigenvalue weighted by atomic mass is 10.1. The van der Waals surface area contributed by atoms with Gasteiger partial charge in [0, 0.05) is 43.6 Å². The van der Waals surface area contributed by atoms with E-state index < -0.39 is 12.2 Å². The number of morpholine rings is 1. The molecule has 2 N–H and O–H groups in total. The van der Waals surface area contributed by atoms with Crippen molar-refractivity contribution in [3.63, 3.8) is 0 Å². The molecule has 2 atom stereocenters. The van der Waals surface area contributed by atoms with Gasteiger partial charge in [-0.3, -0.25) is 4.79 Å². The van der Waals surface area contributed by atoms with Crippen LogP contribution >= 0.6 is 11.3 Å². The summed E-state index contributed by atoms with van der Waals surface area (Å²) in [6.07, 6.45) is 7.54. The second kappa shape index (κ2) is 11.0. The van der Waals surface area contributed by atoms with E-state index in [9.17, 15) is 9.59 Å². The molecule has 2 aromatic rings. The maximum absolute atomic E-state index is 13.3. The predicted octanol–water partition coefficient (Wildman–Crippen LogP) is 1.93. The molecule has 4 rings (SSSR count). The smallest absolute Gasteiger partial charge is 0.406 e. The summed E-state index contributed by atoms with van der Waals surface area (Å²) in [6, 6.07) is 0.0731. The molecule has 3 heterocycles. The highest BCUT2D eigenvalue weighted by Gasteiger charge is 2.41. The summed E-state index contributed by atoms with van der Waals surface area (Å²) in [5.74, 6) is 0.0285. The summed E-state index contributed by atoms with van der Waals surface area (Å²) in [5, 5.41) is 6.83. The number of methoxy groups -OCH3 is 1. The Hall–Kier alpha value is -2.63. The van der Waals surface area contributed by atoms with Crippen LogP contribution in [0.15, 0.2) is 18.7 Å². The Kier molecular flexibility index (Phi) is 7.84. The van der Waals surface area contributed by atoms with E-state index in [-0.39, 0.29) is 18.0 Å². The van der Waals surface area contributed by atoms with E-state index in [1.54, 1.807) is 23.7 Å². The number of thiazole rings is 1. The second-order valence-corrected chi connectivity index (χ2v) is 9.22. The molecule has 33 heavy (non-hydrogen) atoms. The van der Waals surface area contributed by atoms with Crippen molar-refractivity contribution in [2.75, 3.05) is 33.4 Å². The lowest BCUT2D eigenvalue weighted by Crippen LogP contribution is -2.50. The fourth-order valence-corrected chi connectivity index (χ4v) is 5.07. The molecule has 0 aromatic carbocycles. The molecule has 2 aromatic heterocycles. The number of nitrogens with zero attached hydrogens (tertiary/aromatic N) is 4. The molecule has 2 amide bonds. The van der Waals surface area contributed by atoms with E-state index in [2.05, 4.69) is 25.3 Å². The van der Waals surface area contributed by atoms with E-state index in [0.29, 0.717) is 32.5 Å². The Labute approximate surface area is 197 Å². The minimum atomic E-state index is -0.451. The number of carbonyl (C=O) groups is 2. The van der Waals surface area contributed by atoms with Gasteiger partial charge in [0.25, 0.3) is 5.91 Å². The lowest BCUT2D eigenvalue weighted by Gasteiger charge is -2.33. The van der Waals surface area contributed by atoms with Crippen molar-refractivity contribution in [2.45, 2.75) is 50.8 Å². The fraction of sp³-hybridized carbons (Fsp3) is 0.591. The SMILES string of the molecule is COC(=O)NCCCc1nc([C@@H](C)N(C(=O)[C@H]2CNCCO2)C2CC2)sc1-c1cncnc1. The number of amides is 2. The van der Waals surface area contributed by atoms with Gasteiger partial charge in [0.05, 0.1) is 30.3 Å². The summed E-state index contributed by atoms with van der Waals surface area (Å²) >= 11 is 1.57. The second-order valence-electron chi connectivity index (χ2n) is 8.19. The molecule has 1 saturated heterocycles. The van der Waals surface area contributed by atoms with Crippen LogP contribution in [0.2, 0.25) is 0 Å². The first-order valence-electron chi connectivity index (χ1n) is 11.3. The Morgan fingerprint density at radius 1 is 1.36 bits per heavy atom. The average molecular weight is 475 g/mol. The van der Waals surface area contributed by atoms with Crippen LogP contribution in [-0.4, -0.2) is 77.3 Å². The number of aryl methyl sites for hydroxylation is 1. The Morgan fingerprint density at radius 2 is 2.15 bits per heavy atom. The summed E-state index contributed by atoms with van der Waals surface area (Å²) in [5.41, 5.74) is 1.82. The van der Waals surface area contributed by atoms with Gasteiger partial charge in [-0.05, 0) is 32.6 Å². The Morgan fingerprint density at radius 3 is 2.82 bits per heavy atom. The van der Waals surface area contributed by atoms with E-state index in [0.717, 1.165) is 40.5 Å². The third-order valence-corrected chi connectivity index (χ3v) is 7.07. The molecule has 11 heteroatoms. The molecule has 2 aliphatic rings. The molecule has 1 aliphatic carbocycles. The molecule has 178 valence electrons. The number of hydrogen-bond donors (Lipinski definition) is 2. The summed E-state index contributed by atoms with van der Waals surface area (Å²) in [6.45, 7) is 4.38. The molecule has 1 saturated carbocycles. The first kappa shape index (κ1) is 23.5. The maximum atomic E-state index is 13.3. The highest BCUT2D eigenvalue weighted by molar-refractivity contribution is 7.15. The van der Waals surface area contributed by atoms with Crippen molar-refractivity contribution in [2.24, 2.45) is 0 Å². The summed E-state index contributed by atoms with van der Waals surface area (Å²) in [7, 11) is 1.35. The van der Waals surface area contributed by atoms with Gasteiger partial charge in [-0.25, -0.2) is 19.7 Å². The van der Waals surface area contributed by atoms with Gasteiger partial charge in [-0.15, -0.1) is 11.3 Å². The van der Waals surface area contributed by atoms with Crippen molar-refractivity contribution in [3.8, 4) is 10.4 Å². The lowest BCUT2D eigenvalue weighted by molar-refractivity contribution is -0.148. The monoisotopic (exact) mass is 474 g/mol. The molecular weight excluding hydrogens is 444 g/mol. The zero-order valence-corrected chi connectivity index (χ0v) is 19.8. The summed E-state index contributed by atoms with van der Waals surface area (Å²) < 4.78 is 10.4. The molecule has 0 radical (unpaired) electrons. The minimum Gasteiger partial charge on any atom is -0.453 e. The van der Waals surface area contributed by atoms with Crippen molar-refractivity contribution in [1.82, 2.24) is 30.5 Å². The van der Waals surface area contributed by atoms with Crippen LogP contribution in [0.4, 0.5) is 4.79 Å². The number of hydrogen-bond acceptors (Lipinski definition) is 9. The van der Waals surface area contributed by atoms with Gasteiger partial charge in [0.15, 0.2) is 0 Å². The van der Waals surface area contributed by atoms with Gasteiger partial charge < -0.3 is 25.0 Å². The number of aromatic nitrogens is 3. The quantitative estimate of drug-likeness (QED) is 0.529. The molecular formula is C22H30N6O4S. The van der Waals surface area contributed by atoms with Crippen LogP contribution in [0.1, 0.15) is 42.9 Å². The Bertz CT molecular complexity index is 946. The van der Waals surface area contributed by atoms with Crippen LogP contribution in [0, 0.1) is 0 Å². The molecule has 10 nitrogen and oxygen atoms in total. The van der Waals surface area contributed by atoms with E-state index in [4.69, 9.17) is 9.72 Å². The van der Waals surface area contributed by atoms with E-state index in [1.807, 2.05) is 11.8 Å². The van der Waals surface area contributed by atoms with Crippen LogP contribution in [-0.2, 0) is 20.7 Å². The van der Waals surface area contributed by atoms with Crippen molar-refractivity contribution < 1.29 is 19.1 Å². The number of ether oxygens (including phenoxy) is 2. The third kappa shape index (κ3) is 5.84. The number of nitrogens with one attached hydrogen (secondary N) is 2. The highest BCUT2D eigenvalue weighted by atomic mass is 32.1. The molecule has 1 aliphatic heterocycles. The summed E-state index contributed by atoms with van der Waals surface area (Å²) in [4.78, 5) is 40.9. The predicted molar refractivity (Wildman–Crippen MR) is 123 cm³/mol. The molecule has 2 fully saturated rings. The van der Waals surface area contributed by atoms with Gasteiger partial charge in [0.1, 0.15) is 17.4 Å². The number of carbonyl (C=O) groups excluding carboxylic acids is 2.